The maximum atomic E-state index is 12.3. The van der Waals surface area contributed by atoms with Crippen molar-refractivity contribution in [3.63, 3.8) is 0 Å². The quantitative estimate of drug-likeness (QED) is 0.653. The van der Waals surface area contributed by atoms with Gasteiger partial charge in [0.05, 0.1) is 6.54 Å². The Morgan fingerprint density at radius 1 is 1.15 bits per heavy atom. The number of alkyl halides is 4. The first kappa shape index (κ1) is 12.6. The topological polar surface area (TPSA) is 44.5 Å². The molecule has 0 aromatic heterocycles. The molecule has 0 saturated carbocycles. The minimum Gasteiger partial charge on any atom is -0.366 e. The Morgan fingerprint density at radius 3 is 2.08 bits per heavy atom. The van der Waals surface area contributed by atoms with Crippen LogP contribution in [0.15, 0.2) is 0 Å². The van der Waals surface area contributed by atoms with Crippen LogP contribution in [0.3, 0.4) is 0 Å². The van der Waals surface area contributed by atoms with Gasteiger partial charge in [-0.1, -0.05) is 0 Å². The zero-order chi connectivity index (χ0) is 10.5. The van der Waals surface area contributed by atoms with Crippen LogP contribution in [-0.4, -0.2) is 38.9 Å². The molecule has 0 amide bonds. The number of rotatable bonds is 6. The van der Waals surface area contributed by atoms with Crippen LogP contribution in [0.2, 0.25) is 0 Å². The summed E-state index contributed by atoms with van der Waals surface area (Å²) in [7, 11) is 0.754. The van der Waals surface area contributed by atoms with Crippen molar-refractivity contribution in [1.82, 2.24) is 0 Å². The smallest absolute Gasteiger partial charge is 0.366 e. The molecule has 0 fully saturated rings. The van der Waals surface area contributed by atoms with Crippen molar-refractivity contribution >= 4 is 0 Å². The van der Waals surface area contributed by atoms with E-state index in [-0.39, 0.29) is 0 Å². The van der Waals surface area contributed by atoms with E-state index in [2.05, 4.69) is 15.2 Å². The molecule has 0 aromatic carbocycles. The van der Waals surface area contributed by atoms with Crippen molar-refractivity contribution in [3.05, 3.63) is 0 Å². The van der Waals surface area contributed by atoms with Crippen LogP contribution in [0.4, 0.5) is 17.6 Å². The van der Waals surface area contributed by atoms with Crippen LogP contribution in [0.25, 0.3) is 0 Å². The third-order valence-electron chi connectivity index (χ3n) is 1.18. The summed E-state index contributed by atoms with van der Waals surface area (Å²) in [6.07, 6.45) is -3.54. The van der Waals surface area contributed by atoms with Gasteiger partial charge in [0, 0.05) is 7.11 Å². The highest BCUT2D eigenvalue weighted by Gasteiger charge is 2.32. The van der Waals surface area contributed by atoms with E-state index < -0.39 is 31.8 Å². The first-order chi connectivity index (χ1) is 5.83. The number of ether oxygens (including phenoxy) is 2. The zero-order valence-corrected chi connectivity index (χ0v) is 7.03. The number of halogens is 4. The lowest BCUT2D eigenvalue weighted by atomic mass is 10.4. The van der Waals surface area contributed by atoms with Crippen molar-refractivity contribution in [2.24, 2.45) is 5.73 Å². The van der Waals surface area contributed by atoms with Gasteiger partial charge in [-0.2, -0.15) is 8.78 Å². The Labute approximate surface area is 72.8 Å². The van der Waals surface area contributed by atoms with Gasteiger partial charge >= 0.3 is 6.11 Å². The molecular weight excluding hydrogens is 194 g/mol. The monoisotopic (exact) mass is 205 g/mol. The molecule has 2 N–H and O–H groups in total. The van der Waals surface area contributed by atoms with Crippen molar-refractivity contribution in [2.45, 2.75) is 12.0 Å². The summed E-state index contributed by atoms with van der Waals surface area (Å²) in [5.74, 6) is -3.27. The molecule has 0 atom stereocenters. The van der Waals surface area contributed by atoms with Crippen LogP contribution in [-0.2, 0) is 9.47 Å². The predicted molar refractivity (Wildman–Crippen MR) is 36.8 cm³/mol. The van der Waals surface area contributed by atoms with Gasteiger partial charge in [0.15, 0.2) is 0 Å². The average molecular weight is 205 g/mol. The number of nitrogens with two attached hydrogens (primary N) is 1. The Balaban J connectivity index is 3.68. The predicted octanol–water partition coefficient (Wildman–Crippen LogP) is 0.836. The van der Waals surface area contributed by atoms with E-state index in [0.29, 0.717) is 0 Å². The number of hydrogen-bond donors (Lipinski definition) is 1. The summed E-state index contributed by atoms with van der Waals surface area (Å²) in [6.45, 7) is -3.28. The van der Waals surface area contributed by atoms with Crippen LogP contribution in [0.1, 0.15) is 0 Å². The Hall–Kier alpha value is -0.400. The molecule has 0 aromatic rings. The van der Waals surface area contributed by atoms with E-state index >= 15 is 0 Å². The Morgan fingerprint density at radius 2 is 1.69 bits per heavy atom. The molecule has 0 bridgehead atoms. The molecule has 0 aliphatic rings. The van der Waals surface area contributed by atoms with Gasteiger partial charge in [-0.15, -0.1) is 0 Å². The Kier molecular flexibility index (Phi) is 4.58. The largest absolute Gasteiger partial charge is 0.378 e. The summed E-state index contributed by atoms with van der Waals surface area (Å²) in [4.78, 5) is 0. The molecule has 7 heteroatoms. The summed E-state index contributed by atoms with van der Waals surface area (Å²) in [6, 6.07) is 0. The lowest BCUT2D eigenvalue weighted by Crippen LogP contribution is -2.36. The normalized spacial score (nSPS) is 13.4. The molecule has 13 heavy (non-hydrogen) atoms. The highest BCUT2D eigenvalue weighted by Crippen LogP contribution is 2.16. The highest BCUT2D eigenvalue weighted by molar-refractivity contribution is 4.65. The van der Waals surface area contributed by atoms with Gasteiger partial charge in [0.1, 0.15) is 13.2 Å². The molecule has 0 aliphatic carbocycles. The van der Waals surface area contributed by atoms with E-state index in [1.165, 1.54) is 0 Å². The molecule has 0 heterocycles. The SMILES string of the molecule is COC(F)(F)COCC(F)(F)CN. The maximum Gasteiger partial charge on any atom is 0.378 e. The lowest BCUT2D eigenvalue weighted by molar-refractivity contribution is -0.256. The lowest BCUT2D eigenvalue weighted by Gasteiger charge is -2.17. The van der Waals surface area contributed by atoms with Crippen molar-refractivity contribution in [3.8, 4) is 0 Å². The fourth-order valence-electron chi connectivity index (χ4n) is 0.437. The van der Waals surface area contributed by atoms with Gasteiger partial charge in [-0.25, -0.2) is 8.78 Å². The van der Waals surface area contributed by atoms with E-state index in [4.69, 9.17) is 0 Å². The second-order valence-corrected chi connectivity index (χ2v) is 2.39. The molecule has 0 aliphatic heterocycles. The molecule has 0 radical (unpaired) electrons. The van der Waals surface area contributed by atoms with Gasteiger partial charge in [0.2, 0.25) is 0 Å². The van der Waals surface area contributed by atoms with Crippen molar-refractivity contribution < 1.29 is 27.0 Å². The van der Waals surface area contributed by atoms with Crippen LogP contribution in [0.5, 0.6) is 0 Å². The minimum absolute atomic E-state index is 0.754. The molecule has 80 valence electrons. The third kappa shape index (κ3) is 5.78. The standard InChI is InChI=1S/C6H11F4NO2/c1-12-6(9,10)4-13-3-5(7,8)2-11/h2-4,11H2,1H3. The van der Waals surface area contributed by atoms with E-state index in [1.807, 2.05) is 0 Å². The summed E-state index contributed by atoms with van der Waals surface area (Å²) in [5.41, 5.74) is 4.64. The molecule has 0 saturated heterocycles. The van der Waals surface area contributed by atoms with Crippen molar-refractivity contribution in [1.29, 1.82) is 0 Å². The first-order valence-corrected chi connectivity index (χ1v) is 3.41. The zero-order valence-electron chi connectivity index (χ0n) is 7.03. The maximum absolute atomic E-state index is 12.3. The summed E-state index contributed by atoms with van der Waals surface area (Å²) >= 11 is 0. The fraction of sp³-hybridized carbons (Fsp3) is 1.00. The van der Waals surface area contributed by atoms with E-state index in [0.717, 1.165) is 7.11 Å². The molecule has 0 rings (SSSR count). The second kappa shape index (κ2) is 4.73. The summed E-state index contributed by atoms with van der Waals surface area (Å²) < 4.78 is 56.7. The molecule has 0 spiro atoms. The summed E-state index contributed by atoms with van der Waals surface area (Å²) in [5, 5.41) is 0. The number of hydrogen-bond acceptors (Lipinski definition) is 3. The molecule has 3 nitrogen and oxygen atoms in total. The Bertz CT molecular complexity index is 138. The first-order valence-electron chi connectivity index (χ1n) is 3.41. The molecular formula is C6H11F4NO2. The van der Waals surface area contributed by atoms with E-state index in [9.17, 15) is 17.6 Å². The third-order valence-corrected chi connectivity index (χ3v) is 1.18. The fourth-order valence-corrected chi connectivity index (χ4v) is 0.437. The highest BCUT2D eigenvalue weighted by atomic mass is 19.3. The van der Waals surface area contributed by atoms with Crippen LogP contribution < -0.4 is 5.73 Å². The average Bonchev–Trinajstić information content (AvgIpc) is 2.04. The van der Waals surface area contributed by atoms with Gasteiger partial charge in [0.25, 0.3) is 5.92 Å². The van der Waals surface area contributed by atoms with Crippen LogP contribution >= 0.6 is 0 Å². The van der Waals surface area contributed by atoms with Crippen molar-refractivity contribution in [2.75, 3.05) is 26.9 Å². The van der Waals surface area contributed by atoms with Gasteiger partial charge < -0.3 is 15.2 Å². The van der Waals surface area contributed by atoms with Crippen LogP contribution in [0, 0.1) is 0 Å². The number of methoxy groups -OCH3 is 1. The van der Waals surface area contributed by atoms with Gasteiger partial charge in [-0.05, 0) is 0 Å². The van der Waals surface area contributed by atoms with Gasteiger partial charge in [-0.3, -0.25) is 0 Å². The second-order valence-electron chi connectivity index (χ2n) is 2.39. The molecule has 0 unspecified atom stereocenters. The van der Waals surface area contributed by atoms with E-state index in [1.54, 1.807) is 0 Å². The minimum atomic E-state index is -3.54.